The van der Waals surface area contributed by atoms with Crippen molar-refractivity contribution in [1.82, 2.24) is 0 Å². The van der Waals surface area contributed by atoms with E-state index in [4.69, 9.17) is 14.2 Å². The van der Waals surface area contributed by atoms with E-state index in [9.17, 15) is 14.4 Å². The summed E-state index contributed by atoms with van der Waals surface area (Å²) in [6.07, 6.45) is 35.4. The fraction of sp³-hybridized carbons (Fsp3) is 0.930. The van der Waals surface area contributed by atoms with E-state index < -0.39 is 6.10 Å². The summed E-state index contributed by atoms with van der Waals surface area (Å²) in [5, 5.41) is 0. The van der Waals surface area contributed by atoms with E-state index in [2.05, 4.69) is 27.7 Å². The van der Waals surface area contributed by atoms with Crippen molar-refractivity contribution in [1.29, 1.82) is 0 Å². The molecule has 0 radical (unpaired) electrons. The van der Waals surface area contributed by atoms with E-state index in [-0.39, 0.29) is 31.1 Å². The van der Waals surface area contributed by atoms with Crippen LogP contribution in [0, 0.1) is 5.92 Å². The Bertz CT molecular complexity index is 738. The monoisotopic (exact) mass is 695 g/mol. The van der Waals surface area contributed by atoms with E-state index in [0.29, 0.717) is 19.3 Å². The van der Waals surface area contributed by atoms with Gasteiger partial charge in [-0.25, -0.2) is 0 Å². The molecule has 1 unspecified atom stereocenters. The first-order chi connectivity index (χ1) is 23.9. The number of carbonyl (C=O) groups excluding carboxylic acids is 3. The Morgan fingerprint density at radius 2 is 0.714 bits per heavy atom. The van der Waals surface area contributed by atoms with Crippen molar-refractivity contribution < 1.29 is 28.6 Å². The fourth-order valence-corrected chi connectivity index (χ4v) is 6.24. The molecule has 0 heterocycles. The quantitative estimate of drug-likeness (QED) is 0.0364. The van der Waals surface area contributed by atoms with Gasteiger partial charge in [-0.15, -0.1) is 0 Å². The Kier molecular flexibility index (Phi) is 36.4. The maximum absolute atomic E-state index is 12.6. The van der Waals surface area contributed by atoms with Gasteiger partial charge in [0.15, 0.2) is 6.10 Å². The summed E-state index contributed by atoms with van der Waals surface area (Å²) in [6, 6.07) is 0. The molecule has 0 aliphatic rings. The van der Waals surface area contributed by atoms with Crippen molar-refractivity contribution in [3.63, 3.8) is 0 Å². The minimum atomic E-state index is -0.757. The molecule has 0 aromatic heterocycles. The maximum atomic E-state index is 12.6. The largest absolute Gasteiger partial charge is 0.462 e. The highest BCUT2D eigenvalue weighted by Crippen LogP contribution is 2.16. The lowest BCUT2D eigenvalue weighted by molar-refractivity contribution is -0.167. The lowest BCUT2D eigenvalue weighted by Gasteiger charge is -2.18. The van der Waals surface area contributed by atoms with Gasteiger partial charge in [-0.2, -0.15) is 0 Å². The van der Waals surface area contributed by atoms with Gasteiger partial charge in [-0.05, 0) is 25.2 Å². The van der Waals surface area contributed by atoms with Crippen LogP contribution in [-0.2, 0) is 28.6 Å². The Morgan fingerprint density at radius 1 is 0.408 bits per heavy atom. The summed E-state index contributed by atoms with van der Waals surface area (Å²) in [7, 11) is 0. The number of rotatable bonds is 38. The van der Waals surface area contributed by atoms with Gasteiger partial charge in [0.2, 0.25) is 0 Å². The van der Waals surface area contributed by atoms with Crippen LogP contribution in [0.5, 0.6) is 0 Å². The molecular weight excluding hydrogens is 612 g/mol. The zero-order valence-electron chi connectivity index (χ0n) is 33.1. The van der Waals surface area contributed by atoms with Crippen molar-refractivity contribution in [3.05, 3.63) is 0 Å². The average Bonchev–Trinajstić information content (AvgIpc) is 3.10. The summed E-state index contributed by atoms with van der Waals surface area (Å²) >= 11 is 0. The third-order valence-electron chi connectivity index (χ3n) is 9.90. The van der Waals surface area contributed by atoms with Crippen LogP contribution in [0.2, 0.25) is 0 Å². The standard InChI is InChI=1S/C43H82O6/c1-5-8-10-12-13-14-15-16-17-18-19-24-28-32-36-43(46)49-40(37-47-41(44)34-30-25-11-9-6-2)38-48-42(45)35-31-27-23-21-20-22-26-29-33-39(4)7-3/h39-40H,5-38H2,1-4H3/t39?,40-/m1/s1. The molecule has 0 fully saturated rings. The summed E-state index contributed by atoms with van der Waals surface area (Å²) in [5.41, 5.74) is 0. The van der Waals surface area contributed by atoms with Crippen molar-refractivity contribution in [2.75, 3.05) is 13.2 Å². The van der Waals surface area contributed by atoms with Gasteiger partial charge < -0.3 is 14.2 Å². The molecule has 0 bridgehead atoms. The molecule has 0 saturated heterocycles. The number of unbranched alkanes of at least 4 members (excludes halogenated alkanes) is 24. The average molecular weight is 695 g/mol. The van der Waals surface area contributed by atoms with Crippen molar-refractivity contribution in [2.45, 2.75) is 239 Å². The highest BCUT2D eigenvalue weighted by molar-refractivity contribution is 5.71. The molecule has 0 rings (SSSR count). The second kappa shape index (κ2) is 37.7. The molecule has 0 aromatic carbocycles. The van der Waals surface area contributed by atoms with Crippen molar-refractivity contribution >= 4 is 17.9 Å². The van der Waals surface area contributed by atoms with Gasteiger partial charge in [0.05, 0.1) is 0 Å². The predicted octanol–water partition coefficient (Wildman–Crippen LogP) is 13.2. The minimum Gasteiger partial charge on any atom is -0.462 e. The fourth-order valence-electron chi connectivity index (χ4n) is 6.24. The van der Waals surface area contributed by atoms with Crippen LogP contribution in [0.15, 0.2) is 0 Å². The van der Waals surface area contributed by atoms with Gasteiger partial charge >= 0.3 is 17.9 Å². The zero-order valence-corrected chi connectivity index (χ0v) is 33.1. The molecule has 6 nitrogen and oxygen atoms in total. The molecule has 0 aromatic rings. The van der Waals surface area contributed by atoms with E-state index >= 15 is 0 Å². The number of esters is 3. The summed E-state index contributed by atoms with van der Waals surface area (Å²) in [5.74, 6) is -0.0249. The van der Waals surface area contributed by atoms with Crippen LogP contribution in [0.1, 0.15) is 233 Å². The molecule has 0 aliphatic heterocycles. The van der Waals surface area contributed by atoms with E-state index in [1.807, 2.05) is 0 Å². The number of hydrogen-bond acceptors (Lipinski definition) is 6. The Hall–Kier alpha value is -1.59. The molecule has 2 atom stereocenters. The van der Waals surface area contributed by atoms with Crippen LogP contribution >= 0.6 is 0 Å². The Morgan fingerprint density at radius 3 is 1.06 bits per heavy atom. The van der Waals surface area contributed by atoms with Gasteiger partial charge in [0.25, 0.3) is 0 Å². The molecule has 0 spiro atoms. The molecule has 49 heavy (non-hydrogen) atoms. The normalized spacial score (nSPS) is 12.5. The second-order valence-electron chi connectivity index (χ2n) is 14.9. The molecule has 6 heteroatoms. The first kappa shape index (κ1) is 47.4. The van der Waals surface area contributed by atoms with Crippen molar-refractivity contribution in [3.8, 4) is 0 Å². The number of hydrogen-bond donors (Lipinski definition) is 0. The van der Waals surface area contributed by atoms with Gasteiger partial charge in [0.1, 0.15) is 13.2 Å². The van der Waals surface area contributed by atoms with Crippen LogP contribution < -0.4 is 0 Å². The van der Waals surface area contributed by atoms with Gasteiger partial charge in [-0.1, -0.05) is 195 Å². The summed E-state index contributed by atoms with van der Waals surface area (Å²) in [6.45, 7) is 8.91. The van der Waals surface area contributed by atoms with Gasteiger partial charge in [-0.3, -0.25) is 14.4 Å². The topological polar surface area (TPSA) is 78.9 Å². The molecule has 0 N–H and O–H groups in total. The highest BCUT2D eigenvalue weighted by Gasteiger charge is 2.19. The van der Waals surface area contributed by atoms with Gasteiger partial charge in [0, 0.05) is 19.3 Å². The number of ether oxygens (including phenoxy) is 3. The molecular formula is C43H82O6. The Balaban J connectivity index is 4.23. The van der Waals surface area contributed by atoms with Crippen LogP contribution in [-0.4, -0.2) is 37.2 Å². The van der Waals surface area contributed by atoms with E-state index in [0.717, 1.165) is 70.1 Å². The third-order valence-corrected chi connectivity index (χ3v) is 9.90. The first-order valence-electron chi connectivity index (χ1n) is 21.4. The number of carbonyl (C=O) groups is 3. The lowest BCUT2D eigenvalue weighted by atomic mass is 9.99. The smallest absolute Gasteiger partial charge is 0.306 e. The summed E-state index contributed by atoms with van der Waals surface area (Å²) < 4.78 is 16.6. The second-order valence-corrected chi connectivity index (χ2v) is 14.9. The predicted molar refractivity (Wildman–Crippen MR) is 206 cm³/mol. The Labute approximate surface area is 304 Å². The minimum absolute atomic E-state index is 0.0657. The zero-order chi connectivity index (χ0) is 36.0. The molecule has 0 aliphatic carbocycles. The summed E-state index contributed by atoms with van der Waals surface area (Å²) in [4.78, 5) is 37.4. The third kappa shape index (κ3) is 36.0. The van der Waals surface area contributed by atoms with Crippen LogP contribution in [0.3, 0.4) is 0 Å². The van der Waals surface area contributed by atoms with Crippen LogP contribution in [0.25, 0.3) is 0 Å². The van der Waals surface area contributed by atoms with Crippen LogP contribution in [0.4, 0.5) is 0 Å². The molecule has 0 amide bonds. The molecule has 0 saturated carbocycles. The molecule has 290 valence electrons. The maximum Gasteiger partial charge on any atom is 0.306 e. The van der Waals surface area contributed by atoms with Crippen molar-refractivity contribution in [2.24, 2.45) is 5.92 Å². The highest BCUT2D eigenvalue weighted by atomic mass is 16.6. The lowest BCUT2D eigenvalue weighted by Crippen LogP contribution is -2.30. The first-order valence-corrected chi connectivity index (χ1v) is 21.4. The van der Waals surface area contributed by atoms with E-state index in [1.165, 1.54) is 122 Å². The SMILES string of the molecule is CCCCCCCCCCCCCCCCC(=O)O[C@H](COC(=O)CCCCCCC)COC(=O)CCCCCCCCCCC(C)CC. The van der Waals surface area contributed by atoms with E-state index in [1.54, 1.807) is 0 Å².